The summed E-state index contributed by atoms with van der Waals surface area (Å²) in [4.78, 5) is 24.9. The number of hydrogen-bond acceptors (Lipinski definition) is 3. The number of ketones is 1. The largest absolute Gasteiger partial charge is 0.484 e. The number of ether oxygens (including phenoxy) is 1. The van der Waals surface area contributed by atoms with Crippen LogP contribution in [0.3, 0.4) is 0 Å². The monoisotopic (exact) mass is 277 g/mol. The van der Waals surface area contributed by atoms with Gasteiger partial charge in [0.1, 0.15) is 5.75 Å². The number of Topliss-reactive ketones (excluding diaryl/α,β-unsaturated/α-hetero) is 1. The van der Waals surface area contributed by atoms with Crippen molar-refractivity contribution < 1.29 is 14.3 Å². The molecule has 0 heterocycles. The molecule has 1 aromatic carbocycles. The summed E-state index contributed by atoms with van der Waals surface area (Å²) in [5.74, 6) is 0.675. The van der Waals surface area contributed by atoms with E-state index in [-0.39, 0.29) is 18.3 Å². The van der Waals surface area contributed by atoms with Crippen molar-refractivity contribution in [2.45, 2.75) is 33.1 Å². The van der Waals surface area contributed by atoms with E-state index >= 15 is 0 Å². The Balaban J connectivity index is 2.45. The van der Waals surface area contributed by atoms with Crippen molar-refractivity contribution in [1.29, 1.82) is 0 Å². The van der Waals surface area contributed by atoms with E-state index in [9.17, 15) is 9.59 Å². The van der Waals surface area contributed by atoms with Crippen LogP contribution in [0.2, 0.25) is 0 Å². The van der Waals surface area contributed by atoms with Gasteiger partial charge in [-0.05, 0) is 30.7 Å². The zero-order valence-electron chi connectivity index (χ0n) is 12.5. The zero-order valence-corrected chi connectivity index (χ0v) is 12.5. The molecule has 0 saturated carbocycles. The maximum atomic E-state index is 11.8. The van der Waals surface area contributed by atoms with E-state index in [1.165, 1.54) is 0 Å². The maximum Gasteiger partial charge on any atom is 0.260 e. The van der Waals surface area contributed by atoms with Crippen molar-refractivity contribution in [2.75, 3.05) is 20.2 Å². The number of hydrogen-bond donors (Lipinski definition) is 0. The highest BCUT2D eigenvalue weighted by molar-refractivity contribution is 5.95. The molecule has 4 nitrogen and oxygen atoms in total. The van der Waals surface area contributed by atoms with Crippen LogP contribution in [-0.4, -0.2) is 36.8 Å². The molecule has 0 spiro atoms. The Kier molecular flexibility index (Phi) is 6.77. The van der Waals surface area contributed by atoms with Gasteiger partial charge in [-0.25, -0.2) is 0 Å². The van der Waals surface area contributed by atoms with Crippen LogP contribution in [0.4, 0.5) is 0 Å². The SMILES string of the molecule is CCCCN(C)C(=O)COc1ccc(C(=O)CC)cc1. The van der Waals surface area contributed by atoms with E-state index in [4.69, 9.17) is 4.74 Å². The first-order chi connectivity index (χ1) is 9.58. The van der Waals surface area contributed by atoms with Crippen molar-refractivity contribution in [3.63, 3.8) is 0 Å². The third-order valence-electron chi connectivity index (χ3n) is 3.13. The fraction of sp³-hybridized carbons (Fsp3) is 0.500. The molecular formula is C16H23NO3. The summed E-state index contributed by atoms with van der Waals surface area (Å²) < 4.78 is 5.43. The maximum absolute atomic E-state index is 11.8. The lowest BCUT2D eigenvalue weighted by Gasteiger charge is -2.17. The van der Waals surface area contributed by atoms with Crippen molar-refractivity contribution in [3.8, 4) is 5.75 Å². The third-order valence-corrected chi connectivity index (χ3v) is 3.13. The molecule has 0 radical (unpaired) electrons. The van der Waals surface area contributed by atoms with Gasteiger partial charge in [-0.3, -0.25) is 9.59 Å². The first-order valence-corrected chi connectivity index (χ1v) is 7.08. The molecule has 20 heavy (non-hydrogen) atoms. The van der Waals surface area contributed by atoms with Gasteiger partial charge in [0.25, 0.3) is 5.91 Å². The predicted molar refractivity (Wildman–Crippen MR) is 79.1 cm³/mol. The molecule has 1 rings (SSSR count). The lowest BCUT2D eigenvalue weighted by Crippen LogP contribution is -2.32. The van der Waals surface area contributed by atoms with Crippen LogP contribution in [0, 0.1) is 0 Å². The lowest BCUT2D eigenvalue weighted by atomic mass is 10.1. The van der Waals surface area contributed by atoms with Crippen LogP contribution in [0.5, 0.6) is 5.75 Å². The van der Waals surface area contributed by atoms with Gasteiger partial charge >= 0.3 is 0 Å². The Morgan fingerprint density at radius 3 is 2.35 bits per heavy atom. The number of rotatable bonds is 8. The molecule has 0 atom stereocenters. The number of carbonyl (C=O) groups excluding carboxylic acids is 2. The smallest absolute Gasteiger partial charge is 0.260 e. The molecule has 0 unspecified atom stereocenters. The van der Waals surface area contributed by atoms with Gasteiger partial charge in [-0.2, -0.15) is 0 Å². The molecule has 0 fully saturated rings. The van der Waals surface area contributed by atoms with Crippen molar-refractivity contribution in [1.82, 2.24) is 4.90 Å². The lowest BCUT2D eigenvalue weighted by molar-refractivity contribution is -0.132. The van der Waals surface area contributed by atoms with Gasteiger partial charge in [-0.1, -0.05) is 20.3 Å². The number of nitrogens with zero attached hydrogens (tertiary/aromatic N) is 1. The Bertz CT molecular complexity index is 440. The standard InChI is InChI=1S/C16H23NO3/c1-4-6-11-17(3)16(19)12-20-14-9-7-13(8-10-14)15(18)5-2/h7-10H,4-6,11-12H2,1-3H3. The van der Waals surface area contributed by atoms with Crippen LogP contribution in [0.1, 0.15) is 43.5 Å². The topological polar surface area (TPSA) is 46.6 Å². The molecule has 0 bridgehead atoms. The second-order valence-electron chi connectivity index (χ2n) is 4.76. The summed E-state index contributed by atoms with van der Waals surface area (Å²) in [5, 5.41) is 0. The number of unbranched alkanes of at least 4 members (excludes halogenated alkanes) is 1. The van der Waals surface area contributed by atoms with Crippen LogP contribution in [-0.2, 0) is 4.79 Å². The van der Waals surface area contributed by atoms with Gasteiger partial charge in [0.2, 0.25) is 0 Å². The number of carbonyl (C=O) groups is 2. The molecule has 0 saturated heterocycles. The van der Waals surface area contributed by atoms with E-state index in [0.29, 0.717) is 17.7 Å². The van der Waals surface area contributed by atoms with Crippen molar-refractivity contribution >= 4 is 11.7 Å². The molecule has 110 valence electrons. The minimum absolute atomic E-state index is 0.0291. The molecule has 0 aromatic heterocycles. The first-order valence-electron chi connectivity index (χ1n) is 7.08. The molecule has 4 heteroatoms. The Morgan fingerprint density at radius 2 is 1.80 bits per heavy atom. The highest BCUT2D eigenvalue weighted by Crippen LogP contribution is 2.13. The van der Waals surface area contributed by atoms with E-state index in [2.05, 4.69) is 6.92 Å². The predicted octanol–water partition coefficient (Wildman–Crippen LogP) is 2.92. The molecular weight excluding hydrogens is 254 g/mol. The second kappa shape index (κ2) is 8.35. The van der Waals surface area contributed by atoms with Gasteiger partial charge in [0.15, 0.2) is 12.4 Å². The average Bonchev–Trinajstić information content (AvgIpc) is 2.49. The number of likely N-dealkylation sites (N-methyl/N-ethyl adjacent to an activating group) is 1. The van der Waals surface area contributed by atoms with E-state index in [1.54, 1.807) is 36.2 Å². The average molecular weight is 277 g/mol. The summed E-state index contributed by atoms with van der Waals surface area (Å²) in [6.07, 6.45) is 2.54. The van der Waals surface area contributed by atoms with E-state index in [0.717, 1.165) is 19.4 Å². The molecule has 1 amide bonds. The summed E-state index contributed by atoms with van der Waals surface area (Å²) in [6, 6.07) is 6.91. The highest BCUT2D eigenvalue weighted by atomic mass is 16.5. The van der Waals surface area contributed by atoms with E-state index < -0.39 is 0 Å². The van der Waals surface area contributed by atoms with Crippen LogP contribution >= 0.6 is 0 Å². The van der Waals surface area contributed by atoms with E-state index in [1.807, 2.05) is 6.92 Å². The zero-order chi connectivity index (χ0) is 15.0. The van der Waals surface area contributed by atoms with Crippen LogP contribution < -0.4 is 4.74 Å². The summed E-state index contributed by atoms with van der Waals surface area (Å²) in [7, 11) is 1.78. The fourth-order valence-corrected chi connectivity index (χ4v) is 1.72. The fourth-order valence-electron chi connectivity index (χ4n) is 1.72. The second-order valence-corrected chi connectivity index (χ2v) is 4.76. The van der Waals surface area contributed by atoms with Crippen molar-refractivity contribution in [3.05, 3.63) is 29.8 Å². The Labute approximate surface area is 120 Å². The number of amides is 1. The third kappa shape index (κ3) is 5.03. The number of benzene rings is 1. The normalized spacial score (nSPS) is 10.2. The summed E-state index contributed by atoms with van der Waals surface area (Å²) >= 11 is 0. The van der Waals surface area contributed by atoms with Gasteiger partial charge < -0.3 is 9.64 Å². The van der Waals surface area contributed by atoms with Gasteiger partial charge in [0.05, 0.1) is 0 Å². The first kappa shape index (κ1) is 16.2. The highest BCUT2D eigenvalue weighted by Gasteiger charge is 2.09. The summed E-state index contributed by atoms with van der Waals surface area (Å²) in [5.41, 5.74) is 0.672. The minimum Gasteiger partial charge on any atom is -0.484 e. The molecule has 0 N–H and O–H groups in total. The Hall–Kier alpha value is -1.84. The van der Waals surface area contributed by atoms with Crippen molar-refractivity contribution in [2.24, 2.45) is 0 Å². The molecule has 0 aliphatic rings. The molecule has 0 aliphatic carbocycles. The Morgan fingerprint density at radius 1 is 1.15 bits per heavy atom. The van der Waals surface area contributed by atoms with Gasteiger partial charge in [0, 0.05) is 25.6 Å². The van der Waals surface area contributed by atoms with Crippen LogP contribution in [0.25, 0.3) is 0 Å². The van der Waals surface area contributed by atoms with Crippen LogP contribution in [0.15, 0.2) is 24.3 Å². The molecule has 1 aromatic rings. The minimum atomic E-state index is -0.0350. The van der Waals surface area contributed by atoms with Gasteiger partial charge in [-0.15, -0.1) is 0 Å². The quantitative estimate of drug-likeness (QED) is 0.686. The summed E-state index contributed by atoms with van der Waals surface area (Å²) in [6.45, 7) is 4.70. The molecule has 0 aliphatic heterocycles.